The maximum absolute atomic E-state index is 10.8. The highest BCUT2D eigenvalue weighted by Crippen LogP contribution is 2.41. The molecule has 4 heteroatoms. The molecule has 2 aromatic rings. The van der Waals surface area contributed by atoms with Crippen molar-refractivity contribution in [3.63, 3.8) is 0 Å². The molecule has 0 saturated heterocycles. The van der Waals surface area contributed by atoms with Crippen LogP contribution in [0.5, 0.6) is 0 Å². The Morgan fingerprint density at radius 1 is 1.33 bits per heavy atom. The lowest BCUT2D eigenvalue weighted by Gasteiger charge is -2.37. The summed E-state index contributed by atoms with van der Waals surface area (Å²) in [5.74, 6) is 0.459. The number of nitrogens with two attached hydrogens (primary N) is 1. The number of hydrogen-bond acceptors (Lipinski definition) is 3. The molecule has 0 bridgehead atoms. The predicted molar refractivity (Wildman–Crippen MR) is 73.6 cm³/mol. The summed E-state index contributed by atoms with van der Waals surface area (Å²) >= 11 is 6.07. The smallest absolute Gasteiger partial charge is 0.153 e. The zero-order valence-corrected chi connectivity index (χ0v) is 11.6. The van der Waals surface area contributed by atoms with Crippen molar-refractivity contribution in [1.29, 1.82) is 0 Å². The zero-order valence-electron chi connectivity index (χ0n) is 10.8. The third-order valence-corrected chi connectivity index (χ3v) is 3.74. The molecule has 0 aliphatic rings. The maximum atomic E-state index is 10.8. The molecule has 1 aromatic carbocycles. The first-order valence-corrected chi connectivity index (χ1v) is 6.28. The molecule has 0 saturated carbocycles. The lowest BCUT2D eigenvalue weighted by atomic mass is 9.75. The molecule has 0 spiro atoms. The Hall–Kier alpha value is -1.03. The van der Waals surface area contributed by atoms with Crippen LogP contribution < -0.4 is 5.73 Å². The minimum absolute atomic E-state index is 0.0912. The Labute approximate surface area is 112 Å². The van der Waals surface area contributed by atoms with E-state index in [1.807, 2.05) is 32.9 Å². The summed E-state index contributed by atoms with van der Waals surface area (Å²) in [7, 11) is 0. The second-order valence-corrected chi connectivity index (χ2v) is 5.99. The van der Waals surface area contributed by atoms with Gasteiger partial charge in [0.25, 0.3) is 0 Å². The third-order valence-electron chi connectivity index (χ3n) is 3.44. The summed E-state index contributed by atoms with van der Waals surface area (Å²) in [6.07, 6.45) is 0. The number of benzene rings is 1. The van der Waals surface area contributed by atoms with Crippen LogP contribution in [0.15, 0.2) is 28.7 Å². The van der Waals surface area contributed by atoms with E-state index in [-0.39, 0.29) is 6.54 Å². The monoisotopic (exact) mass is 267 g/mol. The number of aliphatic hydroxyl groups is 1. The van der Waals surface area contributed by atoms with Crippen LogP contribution in [0.4, 0.5) is 0 Å². The Morgan fingerprint density at radius 3 is 2.50 bits per heavy atom. The van der Waals surface area contributed by atoms with Gasteiger partial charge in [-0.1, -0.05) is 44.5 Å². The largest absolute Gasteiger partial charge is 0.456 e. The standard InChI is InChI=1S/C14H18ClNO2/c1-13(2,3)14(17,8-16)11-7-9-5-4-6-10(15)12(9)18-11/h4-7,17H,8,16H2,1-3H3. The summed E-state index contributed by atoms with van der Waals surface area (Å²) < 4.78 is 5.72. The fourth-order valence-electron chi connectivity index (χ4n) is 2.01. The van der Waals surface area contributed by atoms with Gasteiger partial charge in [-0.25, -0.2) is 0 Å². The third kappa shape index (κ3) is 1.92. The van der Waals surface area contributed by atoms with Crippen LogP contribution in [0, 0.1) is 5.41 Å². The number of halogens is 1. The van der Waals surface area contributed by atoms with Crippen molar-refractivity contribution >= 4 is 22.6 Å². The first kappa shape index (κ1) is 13.4. The van der Waals surface area contributed by atoms with Gasteiger partial charge >= 0.3 is 0 Å². The van der Waals surface area contributed by atoms with Gasteiger partial charge in [0, 0.05) is 11.9 Å². The maximum Gasteiger partial charge on any atom is 0.153 e. The van der Waals surface area contributed by atoms with Gasteiger partial charge in [-0.3, -0.25) is 0 Å². The summed E-state index contributed by atoms with van der Waals surface area (Å²) in [4.78, 5) is 0. The van der Waals surface area contributed by atoms with Crippen LogP contribution >= 0.6 is 11.6 Å². The molecule has 1 aromatic heterocycles. The van der Waals surface area contributed by atoms with E-state index in [0.717, 1.165) is 5.39 Å². The molecule has 0 amide bonds. The van der Waals surface area contributed by atoms with Gasteiger partial charge < -0.3 is 15.3 Å². The van der Waals surface area contributed by atoms with Gasteiger partial charge in [0.1, 0.15) is 11.4 Å². The van der Waals surface area contributed by atoms with E-state index >= 15 is 0 Å². The van der Waals surface area contributed by atoms with Gasteiger partial charge in [-0.05, 0) is 17.5 Å². The fourth-order valence-corrected chi connectivity index (χ4v) is 2.23. The summed E-state index contributed by atoms with van der Waals surface area (Å²) in [6.45, 7) is 5.87. The molecule has 98 valence electrons. The lowest BCUT2D eigenvalue weighted by molar-refractivity contribution is -0.0710. The van der Waals surface area contributed by atoms with Crippen molar-refractivity contribution in [2.45, 2.75) is 26.4 Å². The Balaban J connectivity index is 2.64. The first-order valence-electron chi connectivity index (χ1n) is 5.90. The van der Waals surface area contributed by atoms with Crippen molar-refractivity contribution < 1.29 is 9.52 Å². The molecule has 1 heterocycles. The molecule has 0 aliphatic heterocycles. The van der Waals surface area contributed by atoms with E-state index in [0.29, 0.717) is 16.4 Å². The van der Waals surface area contributed by atoms with Gasteiger partial charge in [0.2, 0.25) is 0 Å². The molecule has 0 radical (unpaired) electrons. The van der Waals surface area contributed by atoms with Crippen LogP contribution in [0.1, 0.15) is 26.5 Å². The highest BCUT2D eigenvalue weighted by molar-refractivity contribution is 6.34. The highest BCUT2D eigenvalue weighted by Gasteiger charge is 2.43. The molecule has 0 aliphatic carbocycles. The molecule has 1 unspecified atom stereocenters. The fraction of sp³-hybridized carbons (Fsp3) is 0.429. The van der Waals surface area contributed by atoms with E-state index in [4.69, 9.17) is 21.8 Å². The van der Waals surface area contributed by atoms with E-state index in [1.54, 1.807) is 12.1 Å². The van der Waals surface area contributed by atoms with E-state index in [1.165, 1.54) is 0 Å². The van der Waals surface area contributed by atoms with E-state index in [2.05, 4.69) is 0 Å². The minimum Gasteiger partial charge on any atom is -0.456 e. The molecule has 0 fully saturated rings. The Morgan fingerprint density at radius 2 is 2.00 bits per heavy atom. The number of hydrogen-bond donors (Lipinski definition) is 2. The normalized spacial score (nSPS) is 15.9. The van der Waals surface area contributed by atoms with Gasteiger partial charge in [-0.15, -0.1) is 0 Å². The summed E-state index contributed by atoms with van der Waals surface area (Å²) in [5.41, 5.74) is 4.69. The van der Waals surface area contributed by atoms with Crippen molar-refractivity contribution in [2.24, 2.45) is 11.1 Å². The quantitative estimate of drug-likeness (QED) is 0.878. The molecule has 2 rings (SSSR count). The minimum atomic E-state index is -1.21. The van der Waals surface area contributed by atoms with E-state index < -0.39 is 11.0 Å². The average Bonchev–Trinajstić information content (AvgIpc) is 2.72. The molecular formula is C14H18ClNO2. The van der Waals surface area contributed by atoms with Crippen LogP contribution in [-0.4, -0.2) is 11.7 Å². The van der Waals surface area contributed by atoms with E-state index in [9.17, 15) is 5.11 Å². The Bertz CT molecular complexity index is 571. The first-order chi connectivity index (χ1) is 8.29. The molecule has 18 heavy (non-hydrogen) atoms. The van der Waals surface area contributed by atoms with Crippen LogP contribution in [0.2, 0.25) is 5.02 Å². The molecule has 3 nitrogen and oxygen atoms in total. The number of rotatable bonds is 2. The van der Waals surface area contributed by atoms with Crippen molar-refractivity contribution in [3.8, 4) is 0 Å². The average molecular weight is 268 g/mol. The topological polar surface area (TPSA) is 59.4 Å². The van der Waals surface area contributed by atoms with Gasteiger partial charge in [-0.2, -0.15) is 0 Å². The predicted octanol–water partition coefficient (Wildman–Crippen LogP) is 3.28. The summed E-state index contributed by atoms with van der Waals surface area (Å²) in [6, 6.07) is 7.31. The molecular weight excluding hydrogens is 250 g/mol. The number of furan rings is 1. The summed E-state index contributed by atoms with van der Waals surface area (Å²) in [5, 5.41) is 12.2. The molecule has 1 atom stereocenters. The SMILES string of the molecule is CC(C)(C)C(O)(CN)c1cc2cccc(Cl)c2o1. The van der Waals surface area contributed by atoms with Crippen molar-refractivity contribution in [3.05, 3.63) is 35.0 Å². The molecule has 3 N–H and O–H groups in total. The van der Waals surface area contributed by atoms with Gasteiger partial charge in [0.05, 0.1) is 5.02 Å². The van der Waals surface area contributed by atoms with Crippen LogP contribution in [0.25, 0.3) is 11.0 Å². The second-order valence-electron chi connectivity index (χ2n) is 5.58. The van der Waals surface area contributed by atoms with Crippen molar-refractivity contribution in [2.75, 3.05) is 6.54 Å². The zero-order chi connectivity index (χ0) is 13.6. The van der Waals surface area contributed by atoms with Crippen LogP contribution in [-0.2, 0) is 5.60 Å². The lowest BCUT2D eigenvalue weighted by Crippen LogP contribution is -2.46. The highest BCUT2D eigenvalue weighted by atomic mass is 35.5. The second kappa shape index (κ2) is 4.26. The van der Waals surface area contributed by atoms with Crippen LogP contribution in [0.3, 0.4) is 0 Å². The van der Waals surface area contributed by atoms with Gasteiger partial charge in [0.15, 0.2) is 5.58 Å². The Kier molecular flexibility index (Phi) is 3.18. The van der Waals surface area contributed by atoms with Crippen molar-refractivity contribution in [1.82, 2.24) is 0 Å². The number of fused-ring (bicyclic) bond motifs is 1. The number of para-hydroxylation sites is 1.